The second kappa shape index (κ2) is 5.74. The Morgan fingerprint density at radius 3 is 2.85 bits per heavy atom. The molecule has 1 N–H and O–H groups in total. The molecule has 1 heterocycles. The SMILES string of the molecule is Fc1ccccc1COc1cccc(C2=NCCN2)c1. The maximum absolute atomic E-state index is 13.5. The van der Waals surface area contributed by atoms with Gasteiger partial charge in [-0.2, -0.15) is 0 Å². The summed E-state index contributed by atoms with van der Waals surface area (Å²) in [6.45, 7) is 1.89. The van der Waals surface area contributed by atoms with Gasteiger partial charge in [-0.05, 0) is 18.2 Å². The maximum Gasteiger partial charge on any atom is 0.129 e. The number of nitrogens with one attached hydrogen (secondary N) is 1. The van der Waals surface area contributed by atoms with E-state index in [2.05, 4.69) is 10.3 Å². The molecule has 0 fully saturated rings. The molecule has 1 aliphatic heterocycles. The molecule has 102 valence electrons. The van der Waals surface area contributed by atoms with Crippen LogP contribution in [0.5, 0.6) is 5.75 Å². The minimum Gasteiger partial charge on any atom is -0.489 e. The molecule has 0 unspecified atom stereocenters. The standard InChI is InChI=1S/C16H15FN2O/c17-15-7-2-1-4-13(15)11-20-14-6-3-5-12(10-14)16-18-8-9-19-16/h1-7,10H,8-9,11H2,(H,18,19). The summed E-state index contributed by atoms with van der Waals surface area (Å²) >= 11 is 0. The van der Waals surface area contributed by atoms with Crippen LogP contribution in [0.15, 0.2) is 53.5 Å². The van der Waals surface area contributed by atoms with E-state index in [0.29, 0.717) is 11.3 Å². The molecule has 0 radical (unpaired) electrons. The van der Waals surface area contributed by atoms with Crippen LogP contribution in [0.4, 0.5) is 4.39 Å². The van der Waals surface area contributed by atoms with E-state index in [0.717, 1.165) is 24.5 Å². The first-order valence-corrected chi connectivity index (χ1v) is 6.58. The number of hydrogen-bond donors (Lipinski definition) is 1. The predicted molar refractivity (Wildman–Crippen MR) is 76.6 cm³/mol. The van der Waals surface area contributed by atoms with E-state index in [-0.39, 0.29) is 12.4 Å². The summed E-state index contributed by atoms with van der Waals surface area (Å²) in [4.78, 5) is 4.37. The average Bonchev–Trinajstić information content (AvgIpc) is 3.01. The Labute approximate surface area is 117 Å². The zero-order chi connectivity index (χ0) is 13.8. The lowest BCUT2D eigenvalue weighted by molar-refractivity contribution is 0.300. The molecular weight excluding hydrogens is 255 g/mol. The van der Waals surface area contributed by atoms with Crippen molar-refractivity contribution in [2.75, 3.05) is 13.1 Å². The molecule has 0 atom stereocenters. The highest BCUT2D eigenvalue weighted by Gasteiger charge is 2.09. The molecule has 3 rings (SSSR count). The van der Waals surface area contributed by atoms with Gasteiger partial charge in [0.25, 0.3) is 0 Å². The van der Waals surface area contributed by atoms with Crippen molar-refractivity contribution in [2.24, 2.45) is 4.99 Å². The van der Waals surface area contributed by atoms with Crippen LogP contribution in [0.2, 0.25) is 0 Å². The second-order valence-corrected chi connectivity index (χ2v) is 4.57. The third kappa shape index (κ3) is 2.79. The average molecular weight is 270 g/mol. The van der Waals surface area contributed by atoms with Gasteiger partial charge >= 0.3 is 0 Å². The summed E-state index contributed by atoms with van der Waals surface area (Å²) in [6.07, 6.45) is 0. The smallest absolute Gasteiger partial charge is 0.129 e. The van der Waals surface area contributed by atoms with Crippen molar-refractivity contribution in [1.29, 1.82) is 0 Å². The second-order valence-electron chi connectivity index (χ2n) is 4.57. The zero-order valence-electron chi connectivity index (χ0n) is 11.0. The van der Waals surface area contributed by atoms with Crippen LogP contribution in [0, 0.1) is 5.82 Å². The third-order valence-electron chi connectivity index (χ3n) is 3.13. The number of rotatable bonds is 4. The van der Waals surface area contributed by atoms with E-state index < -0.39 is 0 Å². The summed E-state index contributed by atoms with van der Waals surface area (Å²) in [7, 11) is 0. The van der Waals surface area contributed by atoms with Crippen molar-refractivity contribution in [3.05, 3.63) is 65.5 Å². The van der Waals surface area contributed by atoms with Gasteiger partial charge in [0.2, 0.25) is 0 Å². The first-order valence-electron chi connectivity index (χ1n) is 6.58. The first-order chi connectivity index (χ1) is 9.83. The topological polar surface area (TPSA) is 33.6 Å². The van der Waals surface area contributed by atoms with Crippen molar-refractivity contribution in [3.8, 4) is 5.75 Å². The Bertz CT molecular complexity index is 640. The van der Waals surface area contributed by atoms with Gasteiger partial charge in [0.1, 0.15) is 24.0 Å². The van der Waals surface area contributed by atoms with E-state index in [1.807, 2.05) is 24.3 Å². The number of halogens is 1. The molecule has 0 aliphatic carbocycles. The van der Waals surface area contributed by atoms with Gasteiger partial charge in [0.15, 0.2) is 0 Å². The van der Waals surface area contributed by atoms with Gasteiger partial charge in [-0.25, -0.2) is 4.39 Å². The van der Waals surface area contributed by atoms with E-state index in [4.69, 9.17) is 4.74 Å². The van der Waals surface area contributed by atoms with Gasteiger partial charge in [-0.3, -0.25) is 4.99 Å². The highest BCUT2D eigenvalue weighted by molar-refractivity contribution is 6.00. The molecular formula is C16H15FN2O. The Kier molecular flexibility index (Phi) is 3.63. The molecule has 0 saturated heterocycles. The molecule has 0 spiro atoms. The number of aliphatic imine (C=N–C) groups is 1. The summed E-state index contributed by atoms with van der Waals surface area (Å²) in [6, 6.07) is 14.3. The summed E-state index contributed by atoms with van der Waals surface area (Å²) in [5, 5.41) is 3.22. The Hall–Kier alpha value is -2.36. The number of hydrogen-bond acceptors (Lipinski definition) is 3. The fraction of sp³-hybridized carbons (Fsp3) is 0.188. The van der Waals surface area contributed by atoms with Crippen LogP contribution in [0.1, 0.15) is 11.1 Å². The lowest BCUT2D eigenvalue weighted by Gasteiger charge is -2.09. The molecule has 0 aromatic heterocycles. The fourth-order valence-corrected chi connectivity index (χ4v) is 2.10. The summed E-state index contributed by atoms with van der Waals surface area (Å²) in [5.74, 6) is 1.36. The molecule has 3 nitrogen and oxygen atoms in total. The number of nitrogens with zero attached hydrogens (tertiary/aromatic N) is 1. The molecule has 0 bridgehead atoms. The lowest BCUT2D eigenvalue weighted by atomic mass is 10.2. The largest absolute Gasteiger partial charge is 0.489 e. The maximum atomic E-state index is 13.5. The van der Waals surface area contributed by atoms with Crippen molar-refractivity contribution >= 4 is 5.84 Å². The molecule has 2 aromatic rings. The molecule has 20 heavy (non-hydrogen) atoms. The summed E-state index contributed by atoms with van der Waals surface area (Å²) < 4.78 is 19.2. The van der Waals surface area contributed by atoms with Crippen molar-refractivity contribution in [2.45, 2.75) is 6.61 Å². The van der Waals surface area contributed by atoms with E-state index in [1.54, 1.807) is 18.2 Å². The van der Waals surface area contributed by atoms with Crippen molar-refractivity contribution < 1.29 is 9.13 Å². The van der Waals surface area contributed by atoms with Crippen LogP contribution in [-0.2, 0) is 6.61 Å². The van der Waals surface area contributed by atoms with Gasteiger partial charge in [-0.15, -0.1) is 0 Å². The van der Waals surface area contributed by atoms with Gasteiger partial charge in [-0.1, -0.05) is 30.3 Å². The van der Waals surface area contributed by atoms with Crippen LogP contribution in [-0.4, -0.2) is 18.9 Å². The van der Waals surface area contributed by atoms with Gasteiger partial charge < -0.3 is 10.1 Å². The van der Waals surface area contributed by atoms with Crippen molar-refractivity contribution in [3.63, 3.8) is 0 Å². The minimum atomic E-state index is -0.245. The van der Waals surface area contributed by atoms with Gasteiger partial charge in [0.05, 0.1) is 6.54 Å². The molecule has 1 aliphatic rings. The minimum absolute atomic E-state index is 0.218. The molecule has 2 aromatic carbocycles. The quantitative estimate of drug-likeness (QED) is 0.926. The van der Waals surface area contributed by atoms with Crippen LogP contribution in [0.25, 0.3) is 0 Å². The third-order valence-corrected chi connectivity index (χ3v) is 3.13. The van der Waals surface area contributed by atoms with E-state index in [9.17, 15) is 4.39 Å². The Morgan fingerprint density at radius 1 is 1.15 bits per heavy atom. The van der Waals surface area contributed by atoms with Crippen LogP contribution in [0.3, 0.4) is 0 Å². The predicted octanol–water partition coefficient (Wildman–Crippen LogP) is 2.75. The monoisotopic (exact) mass is 270 g/mol. The molecule has 4 heteroatoms. The lowest BCUT2D eigenvalue weighted by Crippen LogP contribution is -2.19. The number of amidine groups is 1. The highest BCUT2D eigenvalue weighted by atomic mass is 19.1. The van der Waals surface area contributed by atoms with Crippen LogP contribution >= 0.6 is 0 Å². The number of ether oxygens (including phenoxy) is 1. The van der Waals surface area contributed by atoms with Gasteiger partial charge in [0, 0.05) is 17.7 Å². The summed E-state index contributed by atoms with van der Waals surface area (Å²) in [5.41, 5.74) is 1.54. The van der Waals surface area contributed by atoms with Crippen molar-refractivity contribution in [1.82, 2.24) is 5.32 Å². The number of benzene rings is 2. The first kappa shape index (κ1) is 12.7. The molecule has 0 amide bonds. The van der Waals surface area contributed by atoms with E-state index >= 15 is 0 Å². The Morgan fingerprint density at radius 2 is 2.05 bits per heavy atom. The zero-order valence-corrected chi connectivity index (χ0v) is 11.0. The normalized spacial score (nSPS) is 13.8. The fourth-order valence-electron chi connectivity index (χ4n) is 2.10. The molecule has 0 saturated carbocycles. The highest BCUT2D eigenvalue weighted by Crippen LogP contribution is 2.17. The Balaban J connectivity index is 1.72. The van der Waals surface area contributed by atoms with Crippen LogP contribution < -0.4 is 10.1 Å². The van der Waals surface area contributed by atoms with E-state index in [1.165, 1.54) is 6.07 Å².